The maximum Gasteiger partial charge on any atom is 0.240 e. The van der Waals surface area contributed by atoms with Crippen molar-refractivity contribution in [2.75, 3.05) is 0 Å². The van der Waals surface area contributed by atoms with Gasteiger partial charge in [-0.3, -0.25) is 0 Å². The molecular formula is C15H10N2O2. The van der Waals surface area contributed by atoms with E-state index in [4.69, 9.17) is 0 Å². The second kappa shape index (κ2) is 6.22. The molecule has 0 unspecified atom stereocenters. The molecule has 0 aliphatic rings. The topological polar surface area (TPSA) is 58.9 Å². The number of nitrogens with zero attached hydrogens (tertiary/aromatic N) is 2. The molecule has 4 heteroatoms. The lowest BCUT2D eigenvalue weighted by molar-refractivity contribution is 0.564. The molecule has 0 aliphatic heterocycles. The van der Waals surface area contributed by atoms with Crippen molar-refractivity contribution >= 4 is 23.5 Å². The van der Waals surface area contributed by atoms with Crippen LogP contribution in [0.2, 0.25) is 0 Å². The molecule has 0 amide bonds. The third-order valence-corrected chi connectivity index (χ3v) is 2.64. The van der Waals surface area contributed by atoms with Gasteiger partial charge in [-0.05, 0) is 35.7 Å². The quantitative estimate of drug-likeness (QED) is 0.618. The zero-order valence-electron chi connectivity index (χ0n) is 10.0. The fourth-order valence-electron chi connectivity index (χ4n) is 1.83. The van der Waals surface area contributed by atoms with Crippen LogP contribution in [0.4, 0.5) is 11.4 Å². The third kappa shape index (κ3) is 3.33. The van der Waals surface area contributed by atoms with Crippen LogP contribution in [0.25, 0.3) is 0 Å². The fraction of sp³-hybridized carbons (Fsp3) is 0.0667. The van der Waals surface area contributed by atoms with Crippen LogP contribution in [0.3, 0.4) is 0 Å². The van der Waals surface area contributed by atoms with Gasteiger partial charge in [-0.15, -0.1) is 0 Å². The highest BCUT2D eigenvalue weighted by Crippen LogP contribution is 2.23. The van der Waals surface area contributed by atoms with Crippen LogP contribution in [0.15, 0.2) is 58.5 Å². The van der Waals surface area contributed by atoms with Gasteiger partial charge >= 0.3 is 0 Å². The summed E-state index contributed by atoms with van der Waals surface area (Å²) in [4.78, 5) is 27.8. The maximum absolute atomic E-state index is 10.4. The predicted molar refractivity (Wildman–Crippen MR) is 71.3 cm³/mol. The first kappa shape index (κ1) is 12.7. The van der Waals surface area contributed by atoms with Crippen molar-refractivity contribution in [1.29, 1.82) is 0 Å². The second-order valence-corrected chi connectivity index (χ2v) is 3.88. The van der Waals surface area contributed by atoms with E-state index in [0.717, 1.165) is 11.1 Å². The molecule has 0 heterocycles. The molecule has 0 fully saturated rings. The number of para-hydroxylation sites is 1. The number of benzene rings is 2. The van der Waals surface area contributed by atoms with Crippen molar-refractivity contribution in [3.05, 3.63) is 59.7 Å². The third-order valence-electron chi connectivity index (χ3n) is 2.64. The van der Waals surface area contributed by atoms with Gasteiger partial charge < -0.3 is 0 Å². The number of hydrogen-bond acceptors (Lipinski definition) is 4. The summed E-state index contributed by atoms with van der Waals surface area (Å²) in [5.41, 5.74) is 3.05. The Bertz CT molecular complexity index is 682. The Morgan fingerprint density at radius 2 is 1.68 bits per heavy atom. The van der Waals surface area contributed by atoms with Crippen LogP contribution < -0.4 is 0 Å². The Labute approximate surface area is 110 Å². The predicted octanol–water partition coefficient (Wildman–Crippen LogP) is 3.21. The summed E-state index contributed by atoms with van der Waals surface area (Å²) in [7, 11) is 0. The average molecular weight is 250 g/mol. The van der Waals surface area contributed by atoms with Gasteiger partial charge in [0, 0.05) is 0 Å². The van der Waals surface area contributed by atoms with E-state index in [9.17, 15) is 9.59 Å². The summed E-state index contributed by atoms with van der Waals surface area (Å²) < 4.78 is 0. The number of hydrogen-bond donors (Lipinski definition) is 0. The molecule has 0 radical (unpaired) electrons. The molecule has 2 rings (SSSR count). The SMILES string of the molecule is O=C=Nc1cccc(Cc2ccccc2N=C=O)c1. The smallest absolute Gasteiger partial charge is 0.211 e. The number of isocyanates is 2. The van der Waals surface area contributed by atoms with Gasteiger partial charge in [0.05, 0.1) is 11.4 Å². The van der Waals surface area contributed by atoms with E-state index in [1.54, 1.807) is 24.3 Å². The summed E-state index contributed by atoms with van der Waals surface area (Å²) in [6, 6.07) is 14.6. The van der Waals surface area contributed by atoms with Crippen molar-refractivity contribution in [3.63, 3.8) is 0 Å². The van der Waals surface area contributed by atoms with Crippen molar-refractivity contribution in [2.24, 2.45) is 9.98 Å². The van der Waals surface area contributed by atoms with E-state index >= 15 is 0 Å². The van der Waals surface area contributed by atoms with Gasteiger partial charge in [-0.1, -0.05) is 30.3 Å². The van der Waals surface area contributed by atoms with Crippen LogP contribution >= 0.6 is 0 Å². The zero-order chi connectivity index (χ0) is 13.5. The Balaban J connectivity index is 2.33. The molecule has 2 aromatic carbocycles. The molecule has 92 valence electrons. The standard InChI is InChI=1S/C15H10N2O2/c18-10-16-14-6-3-4-12(9-14)8-13-5-1-2-7-15(13)17-11-19/h1-7,9H,8H2. The summed E-state index contributed by atoms with van der Waals surface area (Å²) in [6.07, 6.45) is 3.66. The Hall–Kier alpha value is -2.80. The summed E-state index contributed by atoms with van der Waals surface area (Å²) >= 11 is 0. The van der Waals surface area contributed by atoms with E-state index in [-0.39, 0.29) is 0 Å². The molecule has 0 saturated heterocycles. The van der Waals surface area contributed by atoms with Crippen molar-refractivity contribution in [1.82, 2.24) is 0 Å². The van der Waals surface area contributed by atoms with Gasteiger partial charge in [-0.2, -0.15) is 9.98 Å². The van der Waals surface area contributed by atoms with Gasteiger partial charge in [0.1, 0.15) is 0 Å². The van der Waals surface area contributed by atoms with Crippen LogP contribution in [-0.4, -0.2) is 12.2 Å². The molecule has 0 aliphatic carbocycles. The number of aliphatic imine (C=N–C) groups is 2. The van der Waals surface area contributed by atoms with E-state index < -0.39 is 0 Å². The maximum atomic E-state index is 10.4. The molecule has 2 aromatic rings. The van der Waals surface area contributed by atoms with E-state index in [1.807, 2.05) is 30.3 Å². The molecule has 0 saturated carbocycles. The molecular weight excluding hydrogens is 240 g/mol. The Kier molecular flexibility index (Phi) is 4.14. The van der Waals surface area contributed by atoms with Crippen molar-refractivity contribution in [2.45, 2.75) is 6.42 Å². The van der Waals surface area contributed by atoms with Gasteiger partial charge in [0.15, 0.2) is 0 Å². The molecule has 4 nitrogen and oxygen atoms in total. The molecule has 0 N–H and O–H groups in total. The summed E-state index contributed by atoms with van der Waals surface area (Å²) in [6.45, 7) is 0. The Morgan fingerprint density at radius 1 is 0.895 bits per heavy atom. The first-order valence-corrected chi connectivity index (χ1v) is 5.66. The number of carbonyl (C=O) groups excluding carboxylic acids is 2. The van der Waals surface area contributed by atoms with Gasteiger partial charge in [0.2, 0.25) is 12.2 Å². The zero-order valence-corrected chi connectivity index (χ0v) is 10.0. The van der Waals surface area contributed by atoms with Crippen LogP contribution in [-0.2, 0) is 16.0 Å². The highest BCUT2D eigenvalue weighted by Gasteiger charge is 2.03. The van der Waals surface area contributed by atoms with Crippen molar-refractivity contribution in [3.8, 4) is 0 Å². The van der Waals surface area contributed by atoms with E-state index in [0.29, 0.717) is 17.8 Å². The average Bonchev–Trinajstić information content (AvgIpc) is 2.42. The lowest BCUT2D eigenvalue weighted by atomic mass is 10.0. The first-order valence-electron chi connectivity index (χ1n) is 5.66. The molecule has 0 spiro atoms. The minimum Gasteiger partial charge on any atom is -0.211 e. The Morgan fingerprint density at radius 3 is 2.47 bits per heavy atom. The highest BCUT2D eigenvalue weighted by molar-refractivity contribution is 5.56. The summed E-state index contributed by atoms with van der Waals surface area (Å²) in [5, 5.41) is 0. The van der Waals surface area contributed by atoms with Crippen molar-refractivity contribution < 1.29 is 9.59 Å². The largest absolute Gasteiger partial charge is 0.240 e. The highest BCUT2D eigenvalue weighted by atomic mass is 16.1. The first-order chi connectivity index (χ1) is 9.33. The molecule has 19 heavy (non-hydrogen) atoms. The summed E-state index contributed by atoms with van der Waals surface area (Å²) in [5.74, 6) is 0. The van der Waals surface area contributed by atoms with E-state index in [2.05, 4.69) is 9.98 Å². The minimum atomic E-state index is 0.559. The normalized spacial score (nSPS) is 9.26. The van der Waals surface area contributed by atoms with Crippen LogP contribution in [0.5, 0.6) is 0 Å². The fourth-order valence-corrected chi connectivity index (χ4v) is 1.83. The minimum absolute atomic E-state index is 0.559. The monoisotopic (exact) mass is 250 g/mol. The lowest BCUT2D eigenvalue weighted by Crippen LogP contribution is -1.88. The van der Waals surface area contributed by atoms with Gasteiger partial charge in [0.25, 0.3) is 0 Å². The lowest BCUT2D eigenvalue weighted by Gasteiger charge is -2.05. The number of rotatable bonds is 4. The van der Waals surface area contributed by atoms with Crippen LogP contribution in [0.1, 0.15) is 11.1 Å². The van der Waals surface area contributed by atoms with Gasteiger partial charge in [-0.25, -0.2) is 9.59 Å². The van der Waals surface area contributed by atoms with E-state index in [1.165, 1.54) is 6.08 Å². The molecule has 0 aromatic heterocycles. The molecule has 0 bridgehead atoms. The second-order valence-electron chi connectivity index (χ2n) is 3.88. The molecule has 0 atom stereocenters. The van der Waals surface area contributed by atoms with Crippen LogP contribution in [0, 0.1) is 0 Å².